The van der Waals surface area contributed by atoms with Crippen LogP contribution in [0.3, 0.4) is 0 Å². The number of fused-ring (bicyclic) bond motifs is 4. The van der Waals surface area contributed by atoms with Gasteiger partial charge in [0, 0.05) is 25.2 Å². The number of nitrogens with zero attached hydrogens (tertiary/aromatic N) is 2. The molecule has 2 heterocycles. The molecular formula is C14H18N2O4S. The second-order valence-electron chi connectivity index (χ2n) is 5.96. The largest absolute Gasteiger partial charge is 0.270 e. The molecule has 2 bridgehead atoms. The van der Waals surface area contributed by atoms with Crippen molar-refractivity contribution in [2.45, 2.75) is 30.6 Å². The van der Waals surface area contributed by atoms with E-state index in [-0.39, 0.29) is 10.6 Å². The third-order valence-corrected chi connectivity index (χ3v) is 6.38. The molecule has 2 saturated heterocycles. The quantitative estimate of drug-likeness (QED) is 0.634. The minimum absolute atomic E-state index is 0.0259. The zero-order valence-electron chi connectivity index (χ0n) is 11.6. The molecule has 1 aromatic rings. The fourth-order valence-electron chi connectivity index (χ4n) is 3.35. The van der Waals surface area contributed by atoms with Crippen molar-refractivity contribution in [1.82, 2.24) is 4.31 Å². The van der Waals surface area contributed by atoms with Crippen LogP contribution in [0.2, 0.25) is 0 Å². The number of hydrogen-bond acceptors (Lipinski definition) is 4. The van der Waals surface area contributed by atoms with Gasteiger partial charge in [0.2, 0.25) is 10.0 Å². The molecular weight excluding hydrogens is 292 g/mol. The second-order valence-corrected chi connectivity index (χ2v) is 7.90. The minimum atomic E-state index is -3.64. The van der Waals surface area contributed by atoms with Crippen LogP contribution < -0.4 is 0 Å². The fraction of sp³-hybridized carbons (Fsp3) is 0.571. The summed E-state index contributed by atoms with van der Waals surface area (Å²) in [7, 11) is -3.64. The van der Waals surface area contributed by atoms with Crippen molar-refractivity contribution in [2.75, 3.05) is 13.1 Å². The Hall–Kier alpha value is -1.47. The number of non-ortho nitro benzene ring substituents is 1. The third kappa shape index (κ3) is 2.80. The van der Waals surface area contributed by atoms with E-state index in [9.17, 15) is 18.5 Å². The Morgan fingerprint density at radius 3 is 2.19 bits per heavy atom. The van der Waals surface area contributed by atoms with Gasteiger partial charge in [-0.2, -0.15) is 4.31 Å². The van der Waals surface area contributed by atoms with E-state index >= 15 is 0 Å². The Kier molecular flexibility index (Phi) is 3.71. The van der Waals surface area contributed by atoms with Gasteiger partial charge in [0.25, 0.3) is 5.69 Å². The normalized spacial score (nSPS) is 26.5. The van der Waals surface area contributed by atoms with Gasteiger partial charge in [-0.05, 0) is 43.6 Å². The summed E-state index contributed by atoms with van der Waals surface area (Å²) in [6.45, 7) is 1.09. The summed E-state index contributed by atoms with van der Waals surface area (Å²) in [4.78, 5) is 10.3. The number of nitro benzene ring substituents is 1. The molecule has 0 radical (unpaired) electrons. The lowest BCUT2D eigenvalue weighted by molar-refractivity contribution is -0.385. The highest BCUT2D eigenvalue weighted by atomic mass is 32.2. The summed E-state index contributed by atoms with van der Waals surface area (Å²) >= 11 is 0. The first-order valence-corrected chi connectivity index (χ1v) is 8.65. The molecule has 21 heavy (non-hydrogen) atoms. The van der Waals surface area contributed by atoms with Crippen molar-refractivity contribution in [3.63, 3.8) is 0 Å². The number of rotatable bonds is 3. The van der Waals surface area contributed by atoms with Crippen molar-refractivity contribution in [3.8, 4) is 0 Å². The van der Waals surface area contributed by atoms with Gasteiger partial charge in [-0.1, -0.05) is 6.07 Å². The monoisotopic (exact) mass is 310 g/mol. The van der Waals surface area contributed by atoms with E-state index in [1.54, 1.807) is 0 Å². The van der Waals surface area contributed by atoms with E-state index in [0.717, 1.165) is 31.7 Å². The molecule has 1 aromatic carbocycles. The lowest BCUT2D eigenvalue weighted by atomic mass is 9.84. The molecule has 2 aliphatic heterocycles. The summed E-state index contributed by atoms with van der Waals surface area (Å²) in [5, 5.41) is 10.8. The van der Waals surface area contributed by atoms with Crippen molar-refractivity contribution in [1.29, 1.82) is 0 Å². The van der Waals surface area contributed by atoms with Crippen LogP contribution in [0.25, 0.3) is 0 Å². The van der Waals surface area contributed by atoms with Crippen LogP contribution in [0.4, 0.5) is 5.69 Å². The maximum atomic E-state index is 12.7. The van der Waals surface area contributed by atoms with E-state index in [2.05, 4.69) is 0 Å². The lowest BCUT2D eigenvalue weighted by Crippen LogP contribution is -2.34. The Morgan fingerprint density at radius 1 is 1.10 bits per heavy atom. The molecule has 3 fully saturated rings. The number of nitro groups is 1. The standard InChI is InChI=1S/C14H18N2O4S/c17-16(18)13-2-1-3-14(8-13)21(19,20)15-9-11-4-5-12(10-15)7-6-11/h1-3,8,11-12H,4-7,9-10H2. The van der Waals surface area contributed by atoms with E-state index in [1.807, 2.05) is 0 Å². The molecule has 0 spiro atoms. The van der Waals surface area contributed by atoms with Gasteiger partial charge in [0.05, 0.1) is 9.82 Å². The highest BCUT2D eigenvalue weighted by molar-refractivity contribution is 7.89. The Balaban J connectivity index is 1.93. The first-order valence-electron chi connectivity index (χ1n) is 7.21. The maximum absolute atomic E-state index is 12.7. The first-order chi connectivity index (χ1) is 9.96. The second kappa shape index (κ2) is 5.38. The molecule has 0 atom stereocenters. The first kappa shape index (κ1) is 14.5. The van der Waals surface area contributed by atoms with Crippen molar-refractivity contribution in [2.24, 2.45) is 11.8 Å². The summed E-state index contributed by atoms with van der Waals surface area (Å²) in [5.74, 6) is 0.856. The van der Waals surface area contributed by atoms with E-state index < -0.39 is 14.9 Å². The van der Waals surface area contributed by atoms with Crippen LogP contribution in [-0.2, 0) is 10.0 Å². The molecule has 0 aromatic heterocycles. The highest BCUT2D eigenvalue weighted by Gasteiger charge is 2.36. The zero-order chi connectivity index (χ0) is 15.0. The van der Waals surface area contributed by atoms with Crippen LogP contribution in [-0.4, -0.2) is 30.7 Å². The molecule has 1 aliphatic carbocycles. The summed E-state index contributed by atoms with van der Waals surface area (Å²) in [5.41, 5.74) is -0.186. The number of sulfonamides is 1. The summed E-state index contributed by atoms with van der Waals surface area (Å²) < 4.78 is 27.0. The molecule has 114 valence electrons. The molecule has 4 rings (SSSR count). The average molecular weight is 310 g/mol. The molecule has 0 amide bonds. The van der Waals surface area contributed by atoms with Gasteiger partial charge < -0.3 is 0 Å². The smallest absolute Gasteiger partial charge is 0.258 e. The summed E-state index contributed by atoms with van der Waals surface area (Å²) in [6.07, 6.45) is 4.36. The van der Waals surface area contributed by atoms with Gasteiger partial charge in [0.1, 0.15) is 0 Å². The maximum Gasteiger partial charge on any atom is 0.270 e. The highest BCUT2D eigenvalue weighted by Crippen LogP contribution is 2.36. The Bertz CT molecular complexity index is 637. The molecule has 3 aliphatic rings. The molecule has 1 saturated carbocycles. The van der Waals surface area contributed by atoms with Gasteiger partial charge in [-0.25, -0.2) is 8.42 Å². The third-order valence-electron chi connectivity index (χ3n) is 4.56. The Labute approximate surface area is 124 Å². The van der Waals surface area contributed by atoms with E-state index in [4.69, 9.17) is 0 Å². The van der Waals surface area contributed by atoms with Crippen molar-refractivity contribution < 1.29 is 13.3 Å². The predicted molar refractivity (Wildman–Crippen MR) is 77.3 cm³/mol. The van der Waals surface area contributed by atoms with Crippen molar-refractivity contribution in [3.05, 3.63) is 34.4 Å². The lowest BCUT2D eigenvalue weighted by Gasteiger charge is -2.22. The van der Waals surface area contributed by atoms with Crippen LogP contribution in [0.1, 0.15) is 25.7 Å². The zero-order valence-corrected chi connectivity index (χ0v) is 12.5. The van der Waals surface area contributed by atoms with Gasteiger partial charge in [0.15, 0.2) is 0 Å². The average Bonchev–Trinajstić information content (AvgIpc) is 2.81. The van der Waals surface area contributed by atoms with Crippen LogP contribution in [0.5, 0.6) is 0 Å². The molecule has 0 unspecified atom stereocenters. The fourth-order valence-corrected chi connectivity index (χ4v) is 4.98. The predicted octanol–water partition coefficient (Wildman–Crippen LogP) is 2.41. The topological polar surface area (TPSA) is 80.5 Å². The van der Waals surface area contributed by atoms with E-state index in [1.165, 1.54) is 22.5 Å². The van der Waals surface area contributed by atoms with Crippen LogP contribution in [0, 0.1) is 22.0 Å². The summed E-state index contributed by atoms with van der Waals surface area (Å²) in [6, 6.07) is 5.33. The molecule has 0 N–H and O–H groups in total. The SMILES string of the molecule is O=[N+]([O-])c1cccc(S(=O)(=O)N2CC3CCC(CC3)C2)c1. The van der Waals surface area contributed by atoms with Crippen molar-refractivity contribution >= 4 is 15.7 Å². The Morgan fingerprint density at radius 2 is 1.67 bits per heavy atom. The van der Waals surface area contributed by atoms with Gasteiger partial charge in [-0.3, -0.25) is 10.1 Å². The molecule has 6 nitrogen and oxygen atoms in total. The molecule has 7 heteroatoms. The van der Waals surface area contributed by atoms with Crippen LogP contribution in [0.15, 0.2) is 29.2 Å². The van der Waals surface area contributed by atoms with E-state index in [0.29, 0.717) is 24.9 Å². The number of benzene rings is 1. The van der Waals surface area contributed by atoms with Gasteiger partial charge >= 0.3 is 0 Å². The van der Waals surface area contributed by atoms with Crippen LogP contribution >= 0.6 is 0 Å². The van der Waals surface area contributed by atoms with Gasteiger partial charge in [-0.15, -0.1) is 0 Å². The number of hydrogen-bond donors (Lipinski definition) is 0. The minimum Gasteiger partial charge on any atom is -0.258 e.